The molecule has 6 nitrogen and oxygen atoms in total. The quantitative estimate of drug-likeness (QED) is 0.718. The molecule has 1 aromatic carbocycles. The molecule has 0 bridgehead atoms. The number of aromatic nitrogens is 2. The lowest BCUT2D eigenvalue weighted by Crippen LogP contribution is -2.45. The smallest absolute Gasteiger partial charge is 0.260 e. The lowest BCUT2D eigenvalue weighted by Gasteiger charge is -2.32. The first kappa shape index (κ1) is 12.0. The molecular weight excluding hydrogens is 242 g/mol. The third-order valence-corrected chi connectivity index (χ3v) is 3.52. The first-order chi connectivity index (χ1) is 9.13. The van der Waals surface area contributed by atoms with Crippen LogP contribution < -0.4 is 16.2 Å². The number of nitrogens with zero attached hydrogens (tertiary/aromatic N) is 3. The summed E-state index contributed by atoms with van der Waals surface area (Å²) in [5, 5.41) is 0.540. The summed E-state index contributed by atoms with van der Waals surface area (Å²) in [7, 11) is 2.09. The predicted octanol–water partition coefficient (Wildman–Crippen LogP) is 0.257. The third kappa shape index (κ3) is 2.26. The van der Waals surface area contributed by atoms with Gasteiger partial charge >= 0.3 is 0 Å². The number of hydrogen-bond acceptors (Lipinski definition) is 5. The fraction of sp³-hybridized carbons (Fsp3) is 0.385. The molecule has 2 heterocycles. The average molecular weight is 259 g/mol. The summed E-state index contributed by atoms with van der Waals surface area (Å²) in [6.45, 7) is 3.70. The number of H-pyrrole nitrogens is 1. The van der Waals surface area contributed by atoms with E-state index in [0.29, 0.717) is 22.5 Å². The van der Waals surface area contributed by atoms with Crippen LogP contribution in [0, 0.1) is 0 Å². The number of benzene rings is 1. The maximum atomic E-state index is 12.1. The highest BCUT2D eigenvalue weighted by molar-refractivity contribution is 5.81. The number of hydrogen-bond donors (Lipinski definition) is 2. The maximum absolute atomic E-state index is 12.1. The van der Waals surface area contributed by atoms with Crippen molar-refractivity contribution in [3.05, 3.63) is 28.6 Å². The fourth-order valence-corrected chi connectivity index (χ4v) is 2.31. The van der Waals surface area contributed by atoms with Crippen LogP contribution in [0.4, 0.5) is 11.6 Å². The van der Waals surface area contributed by atoms with Crippen LogP contribution in [0.1, 0.15) is 0 Å². The monoisotopic (exact) mass is 259 g/mol. The van der Waals surface area contributed by atoms with Crippen LogP contribution in [0.3, 0.4) is 0 Å². The molecule has 6 heteroatoms. The van der Waals surface area contributed by atoms with Gasteiger partial charge in [0.25, 0.3) is 5.56 Å². The minimum atomic E-state index is -0.133. The second-order valence-electron chi connectivity index (χ2n) is 4.96. The van der Waals surface area contributed by atoms with E-state index in [0.717, 1.165) is 26.2 Å². The van der Waals surface area contributed by atoms with E-state index in [4.69, 9.17) is 5.73 Å². The number of fused-ring (bicyclic) bond motifs is 1. The number of nitrogens with one attached hydrogen (secondary N) is 1. The normalized spacial score (nSPS) is 17.0. The van der Waals surface area contributed by atoms with E-state index >= 15 is 0 Å². The van der Waals surface area contributed by atoms with Crippen molar-refractivity contribution in [3.8, 4) is 0 Å². The molecule has 0 atom stereocenters. The summed E-state index contributed by atoms with van der Waals surface area (Å²) < 4.78 is 0. The highest BCUT2D eigenvalue weighted by Crippen LogP contribution is 2.15. The molecule has 1 aliphatic rings. The molecule has 3 N–H and O–H groups in total. The summed E-state index contributed by atoms with van der Waals surface area (Å²) in [5.74, 6) is 0.648. The van der Waals surface area contributed by atoms with Gasteiger partial charge in [-0.05, 0) is 25.2 Å². The van der Waals surface area contributed by atoms with Gasteiger partial charge in [-0.2, -0.15) is 0 Å². The predicted molar refractivity (Wildman–Crippen MR) is 76.5 cm³/mol. The molecule has 3 rings (SSSR count). The lowest BCUT2D eigenvalue weighted by molar-refractivity contribution is 0.311. The number of likely N-dealkylation sites (N-methyl/N-ethyl adjacent to an activating group) is 1. The van der Waals surface area contributed by atoms with Crippen LogP contribution >= 0.6 is 0 Å². The molecule has 1 aliphatic heterocycles. The number of anilines is 2. The molecule has 1 aromatic heterocycles. The number of nitrogens with two attached hydrogens (primary N) is 1. The largest absolute Gasteiger partial charge is 0.399 e. The van der Waals surface area contributed by atoms with Gasteiger partial charge in [-0.15, -0.1) is 0 Å². The summed E-state index contributed by atoms with van der Waals surface area (Å²) in [6.07, 6.45) is 0. The molecule has 0 spiro atoms. The van der Waals surface area contributed by atoms with E-state index in [1.54, 1.807) is 18.2 Å². The van der Waals surface area contributed by atoms with Crippen LogP contribution in [0.2, 0.25) is 0 Å². The van der Waals surface area contributed by atoms with Crippen LogP contribution in [0.5, 0.6) is 0 Å². The first-order valence-electron chi connectivity index (χ1n) is 6.36. The topological polar surface area (TPSA) is 78.2 Å². The Labute approximate surface area is 110 Å². The maximum Gasteiger partial charge on any atom is 0.260 e. The summed E-state index contributed by atoms with van der Waals surface area (Å²) in [6, 6.07) is 5.22. The summed E-state index contributed by atoms with van der Waals surface area (Å²) in [4.78, 5) is 23.8. The standard InChI is InChI=1S/C13H17N5O/c1-17-4-6-18(7-5-17)13-15-11-3-2-9(14)8-10(11)12(19)16-13/h2-3,8H,4-7,14H2,1H3,(H,15,16,19). The van der Waals surface area contributed by atoms with Crippen molar-refractivity contribution in [2.45, 2.75) is 0 Å². The Balaban J connectivity index is 2.01. The third-order valence-electron chi connectivity index (χ3n) is 3.52. The Kier molecular flexibility index (Phi) is 2.87. The number of rotatable bonds is 1. The van der Waals surface area contributed by atoms with Gasteiger partial charge in [0.15, 0.2) is 0 Å². The zero-order valence-electron chi connectivity index (χ0n) is 10.9. The second kappa shape index (κ2) is 4.55. The molecule has 2 aromatic rings. The van der Waals surface area contributed by atoms with Gasteiger partial charge in [0, 0.05) is 31.9 Å². The summed E-state index contributed by atoms with van der Waals surface area (Å²) in [5.41, 5.74) is 6.82. The zero-order valence-corrected chi connectivity index (χ0v) is 10.9. The molecule has 0 aliphatic carbocycles. The van der Waals surface area contributed by atoms with Gasteiger partial charge in [0.05, 0.1) is 10.9 Å². The van der Waals surface area contributed by atoms with Crippen LogP contribution in [0.25, 0.3) is 10.9 Å². The van der Waals surface area contributed by atoms with Gasteiger partial charge in [-0.25, -0.2) is 4.98 Å². The minimum Gasteiger partial charge on any atom is -0.399 e. The summed E-state index contributed by atoms with van der Waals surface area (Å²) >= 11 is 0. The molecular formula is C13H17N5O. The number of nitrogen functional groups attached to an aromatic ring is 1. The molecule has 0 radical (unpaired) electrons. The Bertz CT molecular complexity index is 658. The van der Waals surface area contributed by atoms with Crippen molar-refractivity contribution < 1.29 is 0 Å². The van der Waals surface area contributed by atoms with Crippen molar-refractivity contribution >= 4 is 22.5 Å². The molecule has 100 valence electrons. The molecule has 19 heavy (non-hydrogen) atoms. The number of piperazine rings is 1. The van der Waals surface area contributed by atoms with Crippen molar-refractivity contribution in [3.63, 3.8) is 0 Å². The van der Waals surface area contributed by atoms with E-state index in [-0.39, 0.29) is 5.56 Å². The highest BCUT2D eigenvalue weighted by Gasteiger charge is 2.16. The fourth-order valence-electron chi connectivity index (χ4n) is 2.31. The Morgan fingerprint density at radius 3 is 2.74 bits per heavy atom. The van der Waals surface area contributed by atoms with Gasteiger partial charge < -0.3 is 15.5 Å². The van der Waals surface area contributed by atoms with Crippen LogP contribution in [-0.4, -0.2) is 48.1 Å². The minimum absolute atomic E-state index is 0.133. The van der Waals surface area contributed by atoms with E-state index < -0.39 is 0 Å². The Morgan fingerprint density at radius 1 is 1.26 bits per heavy atom. The van der Waals surface area contributed by atoms with Crippen molar-refractivity contribution in [2.75, 3.05) is 43.9 Å². The Hall–Kier alpha value is -2.08. The van der Waals surface area contributed by atoms with E-state index in [1.807, 2.05) is 0 Å². The SMILES string of the molecule is CN1CCN(c2nc3ccc(N)cc3c(=O)[nH]2)CC1. The van der Waals surface area contributed by atoms with Gasteiger partial charge in [0.1, 0.15) is 0 Å². The Morgan fingerprint density at radius 2 is 2.00 bits per heavy atom. The van der Waals surface area contributed by atoms with Crippen molar-refractivity contribution in [1.82, 2.24) is 14.9 Å². The molecule has 0 saturated carbocycles. The highest BCUT2D eigenvalue weighted by atomic mass is 16.1. The molecule has 0 unspecified atom stereocenters. The van der Waals surface area contributed by atoms with Crippen LogP contribution in [-0.2, 0) is 0 Å². The lowest BCUT2D eigenvalue weighted by atomic mass is 10.2. The average Bonchev–Trinajstić information content (AvgIpc) is 2.40. The van der Waals surface area contributed by atoms with E-state index in [2.05, 4.69) is 26.8 Å². The van der Waals surface area contributed by atoms with E-state index in [9.17, 15) is 4.79 Å². The van der Waals surface area contributed by atoms with E-state index in [1.165, 1.54) is 0 Å². The zero-order chi connectivity index (χ0) is 13.4. The van der Waals surface area contributed by atoms with Gasteiger partial charge in [-0.3, -0.25) is 9.78 Å². The molecule has 0 amide bonds. The second-order valence-corrected chi connectivity index (χ2v) is 4.96. The van der Waals surface area contributed by atoms with Crippen LogP contribution in [0.15, 0.2) is 23.0 Å². The number of aromatic amines is 1. The first-order valence-corrected chi connectivity index (χ1v) is 6.36. The molecule has 1 fully saturated rings. The molecule has 1 saturated heterocycles. The van der Waals surface area contributed by atoms with Crippen molar-refractivity contribution in [2.24, 2.45) is 0 Å². The van der Waals surface area contributed by atoms with Gasteiger partial charge in [0.2, 0.25) is 5.95 Å². The van der Waals surface area contributed by atoms with Gasteiger partial charge in [-0.1, -0.05) is 0 Å². The van der Waals surface area contributed by atoms with Crippen molar-refractivity contribution in [1.29, 1.82) is 0 Å².